The number of aryl methyl sites for hydroxylation is 1. The van der Waals surface area contributed by atoms with Crippen molar-refractivity contribution in [1.29, 1.82) is 0 Å². The molecule has 3 aliphatic heterocycles. The Labute approximate surface area is 302 Å². The van der Waals surface area contributed by atoms with Gasteiger partial charge in [-0.1, -0.05) is 11.6 Å². The van der Waals surface area contributed by atoms with Crippen LogP contribution in [0.5, 0.6) is 11.5 Å². The van der Waals surface area contributed by atoms with Gasteiger partial charge in [0.25, 0.3) is 17.4 Å². The van der Waals surface area contributed by atoms with Crippen molar-refractivity contribution in [2.24, 2.45) is 7.05 Å². The highest BCUT2D eigenvalue weighted by molar-refractivity contribution is 6.32. The van der Waals surface area contributed by atoms with Gasteiger partial charge in [-0.05, 0) is 47.7 Å². The second-order valence-electron chi connectivity index (χ2n) is 13.5. The van der Waals surface area contributed by atoms with E-state index in [4.69, 9.17) is 21.1 Å². The number of halogens is 4. The van der Waals surface area contributed by atoms with Crippen molar-refractivity contribution in [3.63, 3.8) is 0 Å². The number of methoxy groups -OCH3 is 1. The third-order valence-corrected chi connectivity index (χ3v) is 10.5. The molecule has 2 amide bonds. The summed E-state index contributed by atoms with van der Waals surface area (Å²) in [6.07, 6.45) is 4.60. The number of benzene rings is 2. The Kier molecular flexibility index (Phi) is 9.89. The van der Waals surface area contributed by atoms with Gasteiger partial charge in [0.05, 0.1) is 30.8 Å². The van der Waals surface area contributed by atoms with Crippen LogP contribution in [0.1, 0.15) is 24.8 Å². The SMILES string of the molecule is COc1cc(-c2cn(C)c(=O)c3cnccc23)cc(Cl)c1CN1CCC(N2CCN(c3ccc(OC4CCC(=O)NC4=O)cc3F)CC2)C(F)(F)C1. The van der Waals surface area contributed by atoms with Crippen molar-refractivity contribution < 1.29 is 32.2 Å². The summed E-state index contributed by atoms with van der Waals surface area (Å²) in [6, 6.07) is 8.72. The highest BCUT2D eigenvalue weighted by atomic mass is 35.5. The van der Waals surface area contributed by atoms with Crippen molar-refractivity contribution in [1.82, 2.24) is 24.7 Å². The molecule has 11 nitrogen and oxygen atoms in total. The first kappa shape index (κ1) is 35.7. The molecule has 3 saturated heterocycles. The van der Waals surface area contributed by atoms with Gasteiger partial charge in [0.15, 0.2) is 6.10 Å². The van der Waals surface area contributed by atoms with Gasteiger partial charge in [-0.15, -0.1) is 0 Å². The van der Waals surface area contributed by atoms with Crippen LogP contribution in [0.15, 0.2) is 59.8 Å². The third-order valence-electron chi connectivity index (χ3n) is 10.2. The Morgan fingerprint density at radius 2 is 1.81 bits per heavy atom. The molecule has 4 aromatic rings. The van der Waals surface area contributed by atoms with Crippen LogP contribution < -0.4 is 25.2 Å². The third kappa shape index (κ3) is 7.06. The molecule has 0 aliphatic carbocycles. The fourth-order valence-corrected chi connectivity index (χ4v) is 7.76. The molecule has 3 aliphatic rings. The largest absolute Gasteiger partial charge is 0.496 e. The van der Waals surface area contributed by atoms with Crippen molar-refractivity contribution >= 4 is 39.9 Å². The minimum atomic E-state index is -3.01. The van der Waals surface area contributed by atoms with Crippen LogP contribution in [0.3, 0.4) is 0 Å². The number of pyridine rings is 2. The normalized spacial score (nSPS) is 21.3. The monoisotopic (exact) mass is 738 g/mol. The molecule has 0 radical (unpaired) electrons. The number of hydrogen-bond acceptors (Lipinski definition) is 9. The number of piperazine rings is 1. The lowest BCUT2D eigenvalue weighted by Crippen LogP contribution is -2.61. The van der Waals surface area contributed by atoms with Gasteiger partial charge in [0.1, 0.15) is 17.3 Å². The molecule has 5 heterocycles. The summed E-state index contributed by atoms with van der Waals surface area (Å²) in [5.41, 5.74) is 2.24. The Hall–Kier alpha value is -4.66. The van der Waals surface area contributed by atoms with Gasteiger partial charge in [0.2, 0.25) is 5.91 Å². The van der Waals surface area contributed by atoms with Gasteiger partial charge >= 0.3 is 0 Å². The van der Waals surface area contributed by atoms with Crippen LogP contribution >= 0.6 is 11.6 Å². The molecular weight excluding hydrogens is 701 g/mol. The second-order valence-corrected chi connectivity index (χ2v) is 13.9. The highest BCUT2D eigenvalue weighted by Gasteiger charge is 2.48. The molecule has 52 heavy (non-hydrogen) atoms. The van der Waals surface area contributed by atoms with E-state index in [1.165, 1.54) is 23.9 Å². The molecule has 2 aromatic carbocycles. The minimum Gasteiger partial charge on any atom is -0.496 e. The zero-order valence-electron chi connectivity index (χ0n) is 28.7. The molecule has 3 fully saturated rings. The average Bonchev–Trinajstić information content (AvgIpc) is 3.12. The molecule has 2 unspecified atom stereocenters. The number of fused-ring (bicyclic) bond motifs is 1. The first-order valence-corrected chi connectivity index (χ1v) is 17.5. The number of imide groups is 1. The van der Waals surface area contributed by atoms with Gasteiger partial charge in [0, 0.05) is 100.0 Å². The lowest BCUT2D eigenvalue weighted by molar-refractivity contribution is -0.138. The Morgan fingerprint density at radius 3 is 2.52 bits per heavy atom. The van der Waals surface area contributed by atoms with Gasteiger partial charge in [-0.25, -0.2) is 13.2 Å². The van der Waals surface area contributed by atoms with Crippen LogP contribution in [0.2, 0.25) is 5.02 Å². The number of alkyl halides is 2. The molecule has 1 N–H and O–H groups in total. The zero-order valence-corrected chi connectivity index (χ0v) is 29.5. The van der Waals surface area contributed by atoms with Gasteiger partial charge in [-0.3, -0.25) is 34.5 Å². The first-order chi connectivity index (χ1) is 24.9. The van der Waals surface area contributed by atoms with E-state index in [9.17, 15) is 14.4 Å². The van der Waals surface area contributed by atoms with E-state index in [0.717, 1.165) is 11.1 Å². The molecule has 15 heteroatoms. The summed E-state index contributed by atoms with van der Waals surface area (Å²) in [5.74, 6) is -3.84. The maximum atomic E-state index is 15.8. The van der Waals surface area contributed by atoms with Crippen molar-refractivity contribution in [3.8, 4) is 22.6 Å². The highest BCUT2D eigenvalue weighted by Crippen LogP contribution is 2.39. The maximum Gasteiger partial charge on any atom is 0.275 e. The first-order valence-electron chi connectivity index (χ1n) is 17.1. The predicted molar refractivity (Wildman–Crippen MR) is 190 cm³/mol. The summed E-state index contributed by atoms with van der Waals surface area (Å²) in [5, 5.41) is 3.76. The quantitative estimate of drug-likeness (QED) is 0.259. The predicted octanol–water partition coefficient (Wildman–Crippen LogP) is 4.62. The number of nitrogens with one attached hydrogen (secondary N) is 1. The van der Waals surface area contributed by atoms with E-state index in [-0.39, 0.29) is 43.0 Å². The average molecular weight is 739 g/mol. The smallest absolute Gasteiger partial charge is 0.275 e. The summed E-state index contributed by atoms with van der Waals surface area (Å²) in [4.78, 5) is 45.5. The van der Waals surface area contributed by atoms with Crippen LogP contribution in [0.4, 0.5) is 18.9 Å². The van der Waals surface area contributed by atoms with E-state index >= 15 is 13.2 Å². The summed E-state index contributed by atoms with van der Waals surface area (Å²) in [7, 11) is 3.18. The Morgan fingerprint density at radius 1 is 1.02 bits per heavy atom. The van der Waals surface area contributed by atoms with Crippen molar-refractivity contribution in [2.45, 2.75) is 43.9 Å². The number of likely N-dealkylation sites (tertiary alicyclic amines) is 1. The van der Waals surface area contributed by atoms with E-state index in [1.807, 2.05) is 11.0 Å². The number of hydrogen-bond donors (Lipinski definition) is 1. The molecule has 2 atom stereocenters. The molecule has 0 spiro atoms. The van der Waals surface area contributed by atoms with Crippen LogP contribution in [-0.4, -0.2) is 95.6 Å². The summed E-state index contributed by atoms with van der Waals surface area (Å²) < 4.78 is 59.7. The van der Waals surface area contributed by atoms with Crippen LogP contribution in [0.25, 0.3) is 21.9 Å². The molecule has 7 rings (SSSR count). The lowest BCUT2D eigenvalue weighted by Gasteiger charge is -2.46. The van der Waals surface area contributed by atoms with Gasteiger partial charge < -0.3 is 18.9 Å². The molecule has 0 saturated carbocycles. The Balaban J connectivity index is 0.985. The number of anilines is 1. The summed E-state index contributed by atoms with van der Waals surface area (Å²) >= 11 is 6.82. The van der Waals surface area contributed by atoms with E-state index in [2.05, 4.69) is 10.3 Å². The standard InChI is InChI=1S/C37H38ClF3N6O5/c1-44-19-26(24-7-9-42-18-25(24)36(44)50)22-15-28(38)27(32(16-22)51-2)20-45-10-8-33(37(40,41)21-45)47-13-11-46(12-14-47)30-4-3-23(17-29(30)39)52-31-5-6-34(48)43-35(31)49/h3-4,7,9,15-19,31,33H,5-6,8,10-14,20-21H2,1-2H3,(H,43,48,49). The topological polar surface area (TPSA) is 109 Å². The van der Waals surface area contributed by atoms with Crippen molar-refractivity contribution in [3.05, 3.63) is 81.7 Å². The van der Waals surface area contributed by atoms with Crippen LogP contribution in [-0.2, 0) is 23.2 Å². The number of amides is 2. The number of aromatic nitrogens is 2. The number of carbonyl (C=O) groups is 2. The lowest BCUT2D eigenvalue weighted by atomic mass is 9.96. The number of ether oxygens (including phenoxy) is 2. The molecule has 274 valence electrons. The van der Waals surface area contributed by atoms with Crippen LogP contribution in [0, 0.1) is 5.82 Å². The van der Waals surface area contributed by atoms with E-state index in [0.29, 0.717) is 65.5 Å². The number of piperidine rings is 2. The van der Waals surface area contributed by atoms with Gasteiger partial charge in [-0.2, -0.15) is 0 Å². The zero-order chi connectivity index (χ0) is 36.7. The fraction of sp³-hybridized carbons (Fsp3) is 0.405. The number of nitrogens with zero attached hydrogens (tertiary/aromatic N) is 5. The van der Waals surface area contributed by atoms with E-state index < -0.39 is 36.3 Å². The second kappa shape index (κ2) is 14.4. The fourth-order valence-electron chi connectivity index (χ4n) is 7.49. The van der Waals surface area contributed by atoms with E-state index in [1.54, 1.807) is 53.5 Å². The molecule has 0 bridgehead atoms. The number of carbonyl (C=O) groups excluding carboxylic acids is 2. The molecule has 2 aromatic heterocycles. The van der Waals surface area contributed by atoms with Crippen molar-refractivity contribution in [2.75, 3.05) is 51.3 Å². The summed E-state index contributed by atoms with van der Waals surface area (Å²) in [6.45, 7) is 1.53. The minimum absolute atomic E-state index is 0.146. The molecular formula is C37H38ClF3N6O5. The maximum absolute atomic E-state index is 15.8. The number of rotatable bonds is 8. The Bertz CT molecular complexity index is 2090.